The smallest absolute Gasteiger partial charge is 0.220 e. The van der Waals surface area contributed by atoms with Crippen LogP contribution in [0.15, 0.2) is 85.3 Å². The molecule has 0 saturated carbocycles. The predicted molar refractivity (Wildman–Crippen MR) is 220 cm³/mol. The molecule has 0 aliphatic carbocycles. The van der Waals surface area contributed by atoms with Crippen LogP contribution < -0.4 is 38.7 Å². The van der Waals surface area contributed by atoms with Crippen LogP contribution in [0, 0.1) is 0 Å². The van der Waals surface area contributed by atoms with Crippen molar-refractivity contribution in [3.8, 4) is 23.0 Å². The van der Waals surface area contributed by atoms with Crippen molar-refractivity contribution in [1.29, 1.82) is 0 Å². The van der Waals surface area contributed by atoms with Gasteiger partial charge >= 0.3 is 0 Å². The van der Waals surface area contributed by atoms with E-state index in [4.69, 9.17) is 18.9 Å². The van der Waals surface area contributed by atoms with E-state index < -0.39 is 0 Å². The van der Waals surface area contributed by atoms with Crippen LogP contribution in [-0.2, 0) is 22.7 Å². The molecular formula is C42H52N4O6S2+2. The molecule has 2 aromatic heterocycles. The molecule has 12 heteroatoms. The van der Waals surface area contributed by atoms with E-state index in [1.807, 2.05) is 79.3 Å². The Hall–Kier alpha value is -4.94. The van der Waals surface area contributed by atoms with Crippen LogP contribution in [0.2, 0.25) is 0 Å². The second-order valence-corrected chi connectivity index (χ2v) is 14.8. The van der Waals surface area contributed by atoms with Gasteiger partial charge in [-0.1, -0.05) is 45.9 Å². The number of benzene rings is 2. The van der Waals surface area contributed by atoms with Crippen LogP contribution in [0.3, 0.4) is 0 Å². The molecule has 0 aliphatic rings. The number of methoxy groups -OCH3 is 4. The van der Waals surface area contributed by atoms with E-state index in [0.29, 0.717) is 48.9 Å². The lowest BCUT2D eigenvalue weighted by atomic mass is 10.1. The molecule has 0 aliphatic heterocycles. The van der Waals surface area contributed by atoms with Crippen molar-refractivity contribution < 1.29 is 37.7 Å². The van der Waals surface area contributed by atoms with E-state index in [2.05, 4.69) is 50.1 Å². The van der Waals surface area contributed by atoms with Gasteiger partial charge in [0.2, 0.25) is 17.5 Å². The number of nitrogens with one attached hydrogen (secondary N) is 2. The van der Waals surface area contributed by atoms with Crippen molar-refractivity contribution in [3.05, 3.63) is 108 Å². The predicted octanol–water partition coefficient (Wildman–Crippen LogP) is 6.51. The number of carbonyl (C=O) groups excluding carboxylic acids is 2. The zero-order chi connectivity index (χ0) is 38.4. The van der Waals surface area contributed by atoms with Gasteiger partial charge in [0.1, 0.15) is 13.1 Å². The summed E-state index contributed by atoms with van der Waals surface area (Å²) < 4.78 is 25.7. The summed E-state index contributed by atoms with van der Waals surface area (Å²) >= 11 is 0. The minimum absolute atomic E-state index is 0.0591. The molecule has 10 nitrogen and oxygen atoms in total. The lowest BCUT2D eigenvalue weighted by Crippen LogP contribution is -2.37. The van der Waals surface area contributed by atoms with Crippen molar-refractivity contribution >= 4 is 57.7 Å². The molecular weight excluding hydrogens is 721 g/mol. The number of amides is 2. The largest absolute Gasteiger partial charge is 0.493 e. The highest BCUT2D eigenvalue weighted by Crippen LogP contribution is 2.29. The van der Waals surface area contributed by atoms with E-state index in [1.54, 1.807) is 50.0 Å². The van der Waals surface area contributed by atoms with Gasteiger partial charge in [-0.05, 0) is 53.1 Å². The molecule has 0 fully saturated rings. The molecule has 2 heterocycles. The summed E-state index contributed by atoms with van der Waals surface area (Å²) in [5, 5.41) is 6.02. The number of aryl methyl sites for hydroxylation is 2. The Morgan fingerprint density at radius 3 is 1.67 bits per heavy atom. The van der Waals surface area contributed by atoms with Gasteiger partial charge in [-0.3, -0.25) is 9.59 Å². The summed E-state index contributed by atoms with van der Waals surface area (Å²) in [4.78, 5) is 24.7. The third-order valence-corrected chi connectivity index (χ3v) is 10.8. The topological polar surface area (TPSA) is 103 Å². The molecule has 2 N–H and O–H groups in total. The monoisotopic (exact) mass is 772 g/mol. The zero-order valence-corrected chi connectivity index (χ0v) is 33.3. The van der Waals surface area contributed by atoms with Gasteiger partial charge in [0, 0.05) is 80.6 Å². The highest BCUT2D eigenvalue weighted by molar-refractivity contribution is 8.76. The van der Waals surface area contributed by atoms with E-state index in [9.17, 15) is 9.59 Å². The molecule has 0 atom stereocenters. The van der Waals surface area contributed by atoms with E-state index in [-0.39, 0.29) is 11.8 Å². The molecule has 0 saturated heterocycles. The molecule has 54 heavy (non-hydrogen) atoms. The van der Waals surface area contributed by atoms with Crippen LogP contribution in [0.25, 0.3) is 24.3 Å². The Morgan fingerprint density at radius 1 is 0.593 bits per heavy atom. The first kappa shape index (κ1) is 41.8. The number of rotatable bonds is 23. The molecule has 0 unspecified atom stereocenters. The van der Waals surface area contributed by atoms with Gasteiger partial charge in [-0.2, -0.15) is 4.57 Å². The third-order valence-electron chi connectivity index (χ3n) is 8.34. The molecule has 2 aromatic carbocycles. The van der Waals surface area contributed by atoms with Crippen molar-refractivity contribution in [3.63, 3.8) is 0 Å². The van der Waals surface area contributed by atoms with Crippen molar-refractivity contribution in [2.24, 2.45) is 0 Å². The molecule has 4 rings (SSSR count). The Bertz CT molecular complexity index is 1830. The van der Waals surface area contributed by atoms with E-state index in [0.717, 1.165) is 59.8 Å². The first-order chi connectivity index (χ1) is 26.4. The van der Waals surface area contributed by atoms with Crippen molar-refractivity contribution in [1.82, 2.24) is 10.6 Å². The number of nitrogens with zero attached hydrogens (tertiary/aromatic N) is 2. The summed E-state index contributed by atoms with van der Waals surface area (Å²) in [6.07, 6.45) is 16.7. The molecule has 0 bridgehead atoms. The van der Waals surface area contributed by atoms with Gasteiger partial charge in [0.15, 0.2) is 41.6 Å². The maximum atomic E-state index is 12.4. The summed E-state index contributed by atoms with van der Waals surface area (Å²) in [5.74, 6) is 4.53. The Morgan fingerprint density at radius 2 is 1.11 bits per heavy atom. The second-order valence-electron chi connectivity index (χ2n) is 12.1. The van der Waals surface area contributed by atoms with Crippen molar-refractivity contribution in [2.75, 3.05) is 53.0 Å². The third kappa shape index (κ3) is 14.5. The van der Waals surface area contributed by atoms with Gasteiger partial charge in [-0.25, -0.2) is 4.57 Å². The quantitative estimate of drug-likeness (QED) is 0.0500. The SMILES string of the molecule is COc1ccc(C=Cc2cc[n+](CCCC(=O)NCCSSCCNC(=O)CCC[n+]3ccccc3C=Cc3ccc(OC)c(OC)c3)cc2)cc1OC. The highest BCUT2D eigenvalue weighted by atomic mass is 33.1. The van der Waals surface area contributed by atoms with Gasteiger partial charge in [-0.15, -0.1) is 0 Å². The standard InChI is InChI=1S/C42H50N4O6S2/c1-49-37-18-15-34(31-39(37)51-3)13-12-33-20-27-45(28-21-33)24-7-10-41(47)43-22-29-53-54-30-23-44-42(48)11-8-26-46-25-6-5-9-36(46)17-14-35-16-19-38(50-2)40(32-35)52-4/h5-6,9,12-21,25,27-28,31-32H,7-8,10-11,22-24,26,29-30H2,1-4H3/p+2. The summed E-state index contributed by atoms with van der Waals surface area (Å²) in [6.45, 7) is 2.76. The average Bonchev–Trinajstić information content (AvgIpc) is 3.20. The number of hydrogen-bond acceptors (Lipinski definition) is 8. The highest BCUT2D eigenvalue weighted by Gasteiger charge is 2.10. The van der Waals surface area contributed by atoms with Gasteiger partial charge in [0.25, 0.3) is 0 Å². The molecule has 286 valence electrons. The normalized spacial score (nSPS) is 11.1. The maximum absolute atomic E-state index is 12.4. The summed E-state index contributed by atoms with van der Waals surface area (Å²) in [6, 6.07) is 21.8. The molecule has 0 radical (unpaired) electrons. The lowest BCUT2D eigenvalue weighted by Gasteiger charge is -2.07. The molecule has 4 aromatic rings. The Balaban J connectivity index is 1.01. The Kier molecular flexibility index (Phi) is 18.3. The van der Waals surface area contributed by atoms with Crippen molar-refractivity contribution in [2.45, 2.75) is 38.8 Å². The first-order valence-corrected chi connectivity index (χ1v) is 20.5. The Labute approximate surface area is 327 Å². The van der Waals surface area contributed by atoms with E-state index >= 15 is 0 Å². The lowest BCUT2D eigenvalue weighted by molar-refractivity contribution is -0.698. The summed E-state index contributed by atoms with van der Waals surface area (Å²) in [5.41, 5.74) is 4.16. The van der Waals surface area contributed by atoms with Crippen LogP contribution in [0.4, 0.5) is 0 Å². The molecule has 0 spiro atoms. The average molecular weight is 773 g/mol. The summed E-state index contributed by atoms with van der Waals surface area (Å²) in [7, 11) is 9.91. The number of hydrogen-bond donors (Lipinski definition) is 2. The number of carbonyl (C=O) groups is 2. The minimum atomic E-state index is 0.0591. The second kappa shape index (κ2) is 23.7. The minimum Gasteiger partial charge on any atom is -0.493 e. The number of aromatic nitrogens is 2. The number of pyridine rings is 2. The fourth-order valence-corrected chi connectivity index (χ4v) is 7.27. The maximum Gasteiger partial charge on any atom is 0.220 e. The molecule has 2 amide bonds. The van der Waals surface area contributed by atoms with Crippen LogP contribution in [0.1, 0.15) is 48.1 Å². The van der Waals surface area contributed by atoms with Crippen LogP contribution in [-0.4, -0.2) is 64.8 Å². The number of ether oxygens (including phenoxy) is 4. The fraction of sp³-hybridized carbons (Fsp3) is 0.333. The van der Waals surface area contributed by atoms with Crippen LogP contribution in [0.5, 0.6) is 23.0 Å². The van der Waals surface area contributed by atoms with Gasteiger partial charge in [0.05, 0.1) is 28.4 Å². The first-order valence-electron chi connectivity index (χ1n) is 18.0. The zero-order valence-electron chi connectivity index (χ0n) is 31.6. The fourth-order valence-electron chi connectivity index (χ4n) is 5.45. The van der Waals surface area contributed by atoms with Crippen LogP contribution >= 0.6 is 21.6 Å². The van der Waals surface area contributed by atoms with Gasteiger partial charge < -0.3 is 29.6 Å². The van der Waals surface area contributed by atoms with E-state index in [1.165, 1.54) is 0 Å².